The summed E-state index contributed by atoms with van der Waals surface area (Å²) in [5.41, 5.74) is 2.95. The van der Waals surface area contributed by atoms with Crippen LogP contribution in [-0.4, -0.2) is 11.5 Å². The maximum atomic E-state index is 4.36. The van der Waals surface area contributed by atoms with Crippen LogP contribution in [0.25, 0.3) is 0 Å². The van der Waals surface area contributed by atoms with E-state index in [1.54, 1.807) is 0 Å². The van der Waals surface area contributed by atoms with Crippen LogP contribution in [-0.2, 0) is 6.54 Å². The molecule has 1 heterocycles. The zero-order valence-electron chi connectivity index (χ0n) is 9.01. The van der Waals surface area contributed by atoms with Crippen molar-refractivity contribution in [3.63, 3.8) is 0 Å². The second kappa shape index (κ2) is 3.70. The second-order valence-corrected chi connectivity index (χ2v) is 4.74. The van der Waals surface area contributed by atoms with Gasteiger partial charge in [-0.2, -0.15) is 0 Å². The minimum Gasteiger partial charge on any atom is -0.311 e. The van der Waals surface area contributed by atoms with E-state index in [2.05, 4.69) is 36.3 Å². The van der Waals surface area contributed by atoms with Crippen molar-refractivity contribution < 1.29 is 0 Å². The van der Waals surface area contributed by atoms with Crippen molar-refractivity contribution in [2.75, 3.05) is 6.54 Å². The summed E-state index contributed by atoms with van der Waals surface area (Å²) in [6.07, 6.45) is 4.68. The van der Waals surface area contributed by atoms with E-state index in [0.717, 1.165) is 18.8 Å². The van der Waals surface area contributed by atoms with Gasteiger partial charge in [-0.05, 0) is 36.8 Å². The molecule has 1 fully saturated rings. The van der Waals surface area contributed by atoms with Crippen LogP contribution in [0.15, 0.2) is 18.3 Å². The van der Waals surface area contributed by atoms with Crippen molar-refractivity contribution in [2.24, 2.45) is 5.41 Å². The molecule has 0 bridgehead atoms. The molecule has 0 saturated heterocycles. The Morgan fingerprint density at radius 3 is 2.79 bits per heavy atom. The molecule has 0 radical (unpaired) electrons. The fourth-order valence-corrected chi connectivity index (χ4v) is 1.49. The van der Waals surface area contributed by atoms with Crippen LogP contribution < -0.4 is 5.32 Å². The van der Waals surface area contributed by atoms with Gasteiger partial charge in [0.2, 0.25) is 0 Å². The van der Waals surface area contributed by atoms with Gasteiger partial charge in [0, 0.05) is 19.3 Å². The Morgan fingerprint density at radius 1 is 1.43 bits per heavy atom. The highest BCUT2D eigenvalue weighted by Gasteiger charge is 2.36. The highest BCUT2D eigenvalue weighted by molar-refractivity contribution is 5.12. The molecule has 1 aliphatic rings. The van der Waals surface area contributed by atoms with Gasteiger partial charge in [0.05, 0.1) is 5.69 Å². The van der Waals surface area contributed by atoms with Gasteiger partial charge in [-0.25, -0.2) is 0 Å². The molecule has 1 aliphatic carbocycles. The minimum absolute atomic E-state index is 0.588. The molecule has 1 saturated carbocycles. The monoisotopic (exact) mass is 190 g/mol. The first-order chi connectivity index (χ1) is 6.68. The Kier molecular flexibility index (Phi) is 2.55. The van der Waals surface area contributed by atoms with E-state index in [1.165, 1.54) is 18.4 Å². The molecule has 0 atom stereocenters. The van der Waals surface area contributed by atoms with Gasteiger partial charge in [-0.1, -0.05) is 13.0 Å². The summed E-state index contributed by atoms with van der Waals surface area (Å²) >= 11 is 0. The number of pyridine rings is 1. The number of hydrogen-bond donors (Lipinski definition) is 1. The first-order valence-corrected chi connectivity index (χ1v) is 5.30. The van der Waals surface area contributed by atoms with Crippen LogP contribution in [0.3, 0.4) is 0 Å². The molecule has 2 nitrogen and oxygen atoms in total. The lowest BCUT2D eigenvalue weighted by atomic mass is 10.1. The van der Waals surface area contributed by atoms with Crippen LogP contribution >= 0.6 is 0 Å². The number of rotatable bonds is 4. The number of nitrogens with zero attached hydrogens (tertiary/aromatic N) is 1. The Bertz CT molecular complexity index is 299. The van der Waals surface area contributed by atoms with E-state index in [1.807, 2.05) is 6.20 Å². The predicted molar refractivity (Wildman–Crippen MR) is 58.0 cm³/mol. The summed E-state index contributed by atoms with van der Waals surface area (Å²) in [6, 6.07) is 4.21. The second-order valence-electron chi connectivity index (χ2n) is 4.74. The van der Waals surface area contributed by atoms with E-state index in [4.69, 9.17) is 0 Å². The van der Waals surface area contributed by atoms with Gasteiger partial charge in [-0.3, -0.25) is 4.98 Å². The van der Waals surface area contributed by atoms with Gasteiger partial charge in [0.1, 0.15) is 0 Å². The highest BCUT2D eigenvalue weighted by atomic mass is 14.9. The van der Waals surface area contributed by atoms with Crippen LogP contribution in [0.4, 0.5) is 0 Å². The normalized spacial score (nSPS) is 18.1. The molecule has 1 aromatic heterocycles. The summed E-state index contributed by atoms with van der Waals surface area (Å²) < 4.78 is 0. The number of aryl methyl sites for hydroxylation is 1. The van der Waals surface area contributed by atoms with E-state index >= 15 is 0 Å². The molecule has 14 heavy (non-hydrogen) atoms. The van der Waals surface area contributed by atoms with Crippen LogP contribution in [0.2, 0.25) is 0 Å². The highest BCUT2D eigenvalue weighted by Crippen LogP contribution is 2.44. The average Bonchev–Trinajstić information content (AvgIpc) is 2.88. The van der Waals surface area contributed by atoms with Crippen molar-refractivity contribution in [1.82, 2.24) is 10.3 Å². The fraction of sp³-hybridized carbons (Fsp3) is 0.583. The molecule has 1 N–H and O–H groups in total. The minimum atomic E-state index is 0.588. The molecule has 0 aromatic carbocycles. The van der Waals surface area contributed by atoms with Crippen molar-refractivity contribution in [2.45, 2.75) is 33.2 Å². The zero-order chi connectivity index (χ0) is 10.0. The lowest BCUT2D eigenvalue weighted by Gasteiger charge is -2.09. The summed E-state index contributed by atoms with van der Waals surface area (Å²) in [5.74, 6) is 0. The lowest BCUT2D eigenvalue weighted by molar-refractivity contribution is 0.496. The smallest absolute Gasteiger partial charge is 0.0541 e. The van der Waals surface area contributed by atoms with E-state index < -0.39 is 0 Å². The fourth-order valence-electron chi connectivity index (χ4n) is 1.49. The Hall–Kier alpha value is -0.890. The van der Waals surface area contributed by atoms with Gasteiger partial charge in [-0.15, -0.1) is 0 Å². The van der Waals surface area contributed by atoms with Gasteiger partial charge in [0.25, 0.3) is 0 Å². The predicted octanol–water partition coefficient (Wildman–Crippen LogP) is 2.28. The van der Waals surface area contributed by atoms with E-state index in [9.17, 15) is 0 Å². The molecule has 0 unspecified atom stereocenters. The topological polar surface area (TPSA) is 24.9 Å². The quantitative estimate of drug-likeness (QED) is 0.788. The van der Waals surface area contributed by atoms with Crippen molar-refractivity contribution in [1.29, 1.82) is 0 Å². The Labute approximate surface area is 85.7 Å². The number of hydrogen-bond acceptors (Lipinski definition) is 2. The first kappa shape index (κ1) is 9.66. The van der Waals surface area contributed by atoms with Crippen LogP contribution in [0, 0.1) is 12.3 Å². The third-order valence-corrected chi connectivity index (χ3v) is 2.93. The summed E-state index contributed by atoms with van der Waals surface area (Å²) in [6.45, 7) is 6.43. The largest absolute Gasteiger partial charge is 0.311 e. The van der Waals surface area contributed by atoms with Crippen molar-refractivity contribution in [3.8, 4) is 0 Å². The van der Waals surface area contributed by atoms with E-state index in [0.29, 0.717) is 5.41 Å². The third-order valence-electron chi connectivity index (χ3n) is 2.93. The van der Waals surface area contributed by atoms with Gasteiger partial charge < -0.3 is 5.32 Å². The summed E-state index contributed by atoms with van der Waals surface area (Å²) in [4.78, 5) is 4.36. The molecule has 1 aromatic rings. The Balaban J connectivity index is 1.77. The summed E-state index contributed by atoms with van der Waals surface area (Å²) in [5, 5.41) is 3.46. The lowest BCUT2D eigenvalue weighted by Crippen LogP contribution is -2.21. The molecule has 2 heteroatoms. The maximum Gasteiger partial charge on any atom is 0.0541 e. The third kappa shape index (κ3) is 2.55. The molecule has 0 amide bonds. The van der Waals surface area contributed by atoms with Gasteiger partial charge in [0.15, 0.2) is 0 Å². The average molecular weight is 190 g/mol. The molecule has 0 spiro atoms. The number of nitrogens with one attached hydrogen (secondary N) is 1. The standard InChI is InChI=1S/C12H18N2/c1-10-3-4-11(14-7-10)8-13-9-12(2)5-6-12/h3-4,7,13H,5-6,8-9H2,1-2H3. The zero-order valence-corrected chi connectivity index (χ0v) is 9.01. The van der Waals surface area contributed by atoms with Crippen LogP contribution in [0.1, 0.15) is 31.0 Å². The molecular weight excluding hydrogens is 172 g/mol. The van der Waals surface area contributed by atoms with Crippen molar-refractivity contribution >= 4 is 0 Å². The molecule has 76 valence electrons. The molecular formula is C12H18N2. The molecule has 2 rings (SSSR count). The van der Waals surface area contributed by atoms with Crippen LogP contribution in [0.5, 0.6) is 0 Å². The maximum absolute atomic E-state index is 4.36. The Morgan fingerprint density at radius 2 is 2.21 bits per heavy atom. The first-order valence-electron chi connectivity index (χ1n) is 5.30. The number of aromatic nitrogens is 1. The molecule has 0 aliphatic heterocycles. The van der Waals surface area contributed by atoms with E-state index in [-0.39, 0.29) is 0 Å². The SMILES string of the molecule is Cc1ccc(CNCC2(C)CC2)nc1. The van der Waals surface area contributed by atoms with Gasteiger partial charge >= 0.3 is 0 Å². The van der Waals surface area contributed by atoms with Crippen molar-refractivity contribution in [3.05, 3.63) is 29.6 Å². The summed E-state index contributed by atoms with van der Waals surface area (Å²) in [7, 11) is 0.